The van der Waals surface area contributed by atoms with Crippen LogP contribution < -0.4 is 5.56 Å². The lowest BCUT2D eigenvalue weighted by molar-refractivity contribution is -0.133. The van der Waals surface area contributed by atoms with Gasteiger partial charge in [0.15, 0.2) is 0 Å². The number of carbonyl (C=O) groups is 1. The fraction of sp³-hybridized carbons (Fsp3) is 0.588. The van der Waals surface area contributed by atoms with E-state index in [4.69, 9.17) is 0 Å². The van der Waals surface area contributed by atoms with Crippen molar-refractivity contribution in [3.05, 3.63) is 28.1 Å². The molecular formula is C17H22N4O2S. The van der Waals surface area contributed by atoms with Gasteiger partial charge in [-0.05, 0) is 50.7 Å². The van der Waals surface area contributed by atoms with Crippen molar-refractivity contribution in [3.8, 4) is 0 Å². The summed E-state index contributed by atoms with van der Waals surface area (Å²) in [4.78, 5) is 34.7. The number of likely N-dealkylation sites (tertiary alicyclic amines) is 2. The Balaban J connectivity index is 1.54. The average molecular weight is 346 g/mol. The second kappa shape index (κ2) is 6.29. The molecule has 0 saturated carbocycles. The first kappa shape index (κ1) is 15.8. The summed E-state index contributed by atoms with van der Waals surface area (Å²) in [5.41, 5.74) is -0.122. The monoisotopic (exact) mass is 346 g/mol. The maximum atomic E-state index is 12.8. The number of likely N-dealkylation sites (N-methyl/N-ethyl adjacent to an activating group) is 1. The maximum absolute atomic E-state index is 12.8. The molecule has 2 saturated heterocycles. The molecule has 4 heterocycles. The van der Waals surface area contributed by atoms with Gasteiger partial charge in [0, 0.05) is 18.6 Å². The molecule has 0 spiro atoms. The van der Waals surface area contributed by atoms with Crippen molar-refractivity contribution in [2.75, 3.05) is 20.1 Å². The van der Waals surface area contributed by atoms with E-state index in [-0.39, 0.29) is 18.0 Å². The molecule has 2 fully saturated rings. The van der Waals surface area contributed by atoms with Gasteiger partial charge < -0.3 is 9.80 Å². The van der Waals surface area contributed by atoms with Crippen molar-refractivity contribution in [2.24, 2.45) is 0 Å². The van der Waals surface area contributed by atoms with Crippen molar-refractivity contribution in [1.29, 1.82) is 0 Å². The highest BCUT2D eigenvalue weighted by atomic mass is 32.1. The molecule has 0 N–H and O–H groups in total. The van der Waals surface area contributed by atoms with Crippen LogP contribution in [0.1, 0.15) is 25.7 Å². The molecule has 0 radical (unpaired) electrons. The van der Waals surface area contributed by atoms with Gasteiger partial charge in [0.05, 0.1) is 11.7 Å². The minimum atomic E-state index is -0.122. The van der Waals surface area contributed by atoms with Gasteiger partial charge in [-0.2, -0.15) is 0 Å². The Bertz CT molecular complexity index is 814. The van der Waals surface area contributed by atoms with E-state index in [9.17, 15) is 9.59 Å². The number of aromatic nitrogens is 2. The van der Waals surface area contributed by atoms with Crippen LogP contribution in [-0.2, 0) is 11.3 Å². The van der Waals surface area contributed by atoms with Gasteiger partial charge in [-0.25, -0.2) is 4.98 Å². The van der Waals surface area contributed by atoms with E-state index in [1.54, 1.807) is 6.07 Å². The van der Waals surface area contributed by atoms with E-state index in [0.717, 1.165) is 37.2 Å². The number of hydrogen-bond acceptors (Lipinski definition) is 5. The van der Waals surface area contributed by atoms with Gasteiger partial charge in [-0.15, -0.1) is 11.3 Å². The molecule has 0 aliphatic carbocycles. The van der Waals surface area contributed by atoms with E-state index in [1.165, 1.54) is 28.7 Å². The Morgan fingerprint density at radius 2 is 2.08 bits per heavy atom. The van der Waals surface area contributed by atoms with Crippen LogP contribution in [0.15, 0.2) is 22.6 Å². The van der Waals surface area contributed by atoms with E-state index in [0.29, 0.717) is 17.5 Å². The van der Waals surface area contributed by atoms with E-state index in [1.807, 2.05) is 10.3 Å². The van der Waals surface area contributed by atoms with Crippen LogP contribution in [0.4, 0.5) is 0 Å². The molecule has 4 rings (SSSR count). The third-order valence-electron chi connectivity index (χ3n) is 5.40. The molecule has 128 valence electrons. The topological polar surface area (TPSA) is 58.4 Å². The van der Waals surface area contributed by atoms with Crippen molar-refractivity contribution < 1.29 is 4.79 Å². The summed E-state index contributed by atoms with van der Waals surface area (Å²) < 4.78 is 1.45. The van der Waals surface area contributed by atoms with Crippen molar-refractivity contribution in [1.82, 2.24) is 19.4 Å². The average Bonchev–Trinajstić information content (AvgIpc) is 3.29. The summed E-state index contributed by atoms with van der Waals surface area (Å²) >= 11 is 1.45. The van der Waals surface area contributed by atoms with E-state index < -0.39 is 0 Å². The zero-order chi connectivity index (χ0) is 16.7. The van der Waals surface area contributed by atoms with Crippen LogP contribution in [-0.4, -0.2) is 57.5 Å². The number of thiophene rings is 1. The molecule has 2 aromatic rings. The molecule has 0 bridgehead atoms. The highest BCUT2D eigenvalue weighted by Crippen LogP contribution is 2.29. The van der Waals surface area contributed by atoms with Gasteiger partial charge in [-0.3, -0.25) is 14.2 Å². The Morgan fingerprint density at radius 3 is 2.88 bits per heavy atom. The van der Waals surface area contributed by atoms with E-state index in [2.05, 4.69) is 16.9 Å². The summed E-state index contributed by atoms with van der Waals surface area (Å²) in [6, 6.07) is 2.53. The molecule has 0 unspecified atom stereocenters. The zero-order valence-electron chi connectivity index (χ0n) is 13.9. The largest absolute Gasteiger partial charge is 0.337 e. The minimum Gasteiger partial charge on any atom is -0.337 e. The quantitative estimate of drug-likeness (QED) is 0.846. The molecule has 24 heavy (non-hydrogen) atoms. The van der Waals surface area contributed by atoms with Crippen molar-refractivity contribution in [2.45, 2.75) is 44.3 Å². The molecule has 7 heteroatoms. The van der Waals surface area contributed by atoms with Gasteiger partial charge in [0.1, 0.15) is 11.4 Å². The summed E-state index contributed by atoms with van der Waals surface area (Å²) in [5, 5.41) is 2.46. The van der Waals surface area contributed by atoms with Crippen LogP contribution >= 0.6 is 11.3 Å². The summed E-state index contributed by atoms with van der Waals surface area (Å²) in [5.74, 6) is 0.0382. The maximum Gasteiger partial charge on any atom is 0.262 e. The van der Waals surface area contributed by atoms with E-state index >= 15 is 0 Å². The first-order valence-corrected chi connectivity index (χ1v) is 9.45. The number of fused-ring (bicyclic) bond motifs is 1. The van der Waals surface area contributed by atoms with Crippen LogP contribution in [0.3, 0.4) is 0 Å². The highest BCUT2D eigenvalue weighted by molar-refractivity contribution is 7.16. The predicted octanol–water partition coefficient (Wildman–Crippen LogP) is 1.54. The molecule has 2 atom stereocenters. The Morgan fingerprint density at radius 1 is 1.29 bits per heavy atom. The SMILES string of the molecule is CN1CCC[C@H]1[C@@H]1CCCN1C(=O)Cn1cnc2sccc2c1=O. The lowest BCUT2D eigenvalue weighted by Crippen LogP contribution is -2.48. The van der Waals surface area contributed by atoms with Gasteiger partial charge >= 0.3 is 0 Å². The Hall–Kier alpha value is -1.73. The summed E-state index contributed by atoms with van der Waals surface area (Å²) in [6.07, 6.45) is 5.99. The fourth-order valence-electron chi connectivity index (χ4n) is 4.17. The van der Waals surface area contributed by atoms with Gasteiger partial charge in [-0.1, -0.05) is 0 Å². The summed E-state index contributed by atoms with van der Waals surface area (Å²) in [6.45, 7) is 2.00. The zero-order valence-corrected chi connectivity index (χ0v) is 14.7. The number of rotatable bonds is 3. The van der Waals surface area contributed by atoms with Crippen LogP contribution in [0.5, 0.6) is 0 Å². The molecule has 2 aliphatic rings. The highest BCUT2D eigenvalue weighted by Gasteiger charge is 2.38. The van der Waals surface area contributed by atoms with Crippen molar-refractivity contribution >= 4 is 27.5 Å². The molecule has 2 aliphatic heterocycles. The first-order chi connectivity index (χ1) is 11.6. The second-order valence-corrected chi connectivity index (χ2v) is 7.70. The standard InChI is InChI=1S/C17H22N4O2S/c1-19-7-2-4-13(19)14-5-3-8-21(14)15(22)10-20-11-18-16-12(17(20)23)6-9-24-16/h6,9,11,13-14H,2-5,7-8,10H2,1H3/t13-,14-/m0/s1. The van der Waals surface area contributed by atoms with Crippen molar-refractivity contribution in [3.63, 3.8) is 0 Å². The normalized spacial score (nSPS) is 25.0. The molecular weight excluding hydrogens is 324 g/mol. The number of nitrogens with zero attached hydrogens (tertiary/aromatic N) is 4. The predicted molar refractivity (Wildman–Crippen MR) is 94.3 cm³/mol. The van der Waals surface area contributed by atoms with Crippen LogP contribution in [0, 0.1) is 0 Å². The number of hydrogen-bond donors (Lipinski definition) is 0. The summed E-state index contributed by atoms with van der Waals surface area (Å²) in [7, 11) is 2.15. The van der Waals surface area contributed by atoms with Crippen LogP contribution in [0.25, 0.3) is 10.2 Å². The van der Waals surface area contributed by atoms with Crippen LogP contribution in [0.2, 0.25) is 0 Å². The van der Waals surface area contributed by atoms with Gasteiger partial charge in [0.25, 0.3) is 5.56 Å². The first-order valence-electron chi connectivity index (χ1n) is 8.57. The Labute approximate surface area is 144 Å². The fourth-order valence-corrected chi connectivity index (χ4v) is 4.89. The molecule has 6 nitrogen and oxygen atoms in total. The lowest BCUT2D eigenvalue weighted by atomic mass is 10.0. The smallest absolute Gasteiger partial charge is 0.262 e. The van der Waals surface area contributed by atoms with Gasteiger partial charge in [0.2, 0.25) is 5.91 Å². The third-order valence-corrected chi connectivity index (χ3v) is 6.22. The second-order valence-electron chi connectivity index (χ2n) is 6.80. The third kappa shape index (κ3) is 2.65. The number of carbonyl (C=O) groups excluding carboxylic acids is 1. The minimum absolute atomic E-state index is 0.0382. The lowest BCUT2D eigenvalue weighted by Gasteiger charge is -2.33. The molecule has 2 aromatic heterocycles. The Kier molecular flexibility index (Phi) is 4.14. The molecule has 0 aromatic carbocycles. The molecule has 1 amide bonds. The number of amides is 1.